The van der Waals surface area contributed by atoms with E-state index >= 15 is 0 Å². The molecule has 4 heteroatoms. The van der Waals surface area contributed by atoms with E-state index < -0.39 is 0 Å². The molecule has 0 bridgehead atoms. The second-order valence-electron chi connectivity index (χ2n) is 3.63. The third kappa shape index (κ3) is 3.40. The molecule has 0 saturated heterocycles. The SMILES string of the molecule is Cc1cc(CO)nc(CCN(C)C)n1. The number of aryl methyl sites for hydroxylation is 1. The lowest BCUT2D eigenvalue weighted by molar-refractivity contribution is 0.276. The fraction of sp³-hybridized carbons (Fsp3) is 0.600. The molecule has 0 saturated carbocycles. The summed E-state index contributed by atoms with van der Waals surface area (Å²) in [6, 6.07) is 1.80. The Morgan fingerprint density at radius 2 is 2.07 bits per heavy atom. The van der Waals surface area contributed by atoms with Crippen molar-refractivity contribution in [3.05, 3.63) is 23.3 Å². The van der Waals surface area contributed by atoms with E-state index in [0.29, 0.717) is 5.69 Å². The van der Waals surface area contributed by atoms with Crippen molar-refractivity contribution in [3.8, 4) is 0 Å². The number of rotatable bonds is 4. The Balaban J connectivity index is 2.71. The van der Waals surface area contributed by atoms with E-state index in [9.17, 15) is 0 Å². The van der Waals surface area contributed by atoms with Gasteiger partial charge in [0.2, 0.25) is 0 Å². The van der Waals surface area contributed by atoms with Crippen LogP contribution in [0.3, 0.4) is 0 Å². The van der Waals surface area contributed by atoms with Gasteiger partial charge >= 0.3 is 0 Å². The van der Waals surface area contributed by atoms with E-state index in [2.05, 4.69) is 14.9 Å². The molecule has 0 aliphatic carbocycles. The largest absolute Gasteiger partial charge is 0.390 e. The maximum Gasteiger partial charge on any atom is 0.130 e. The Hall–Kier alpha value is -1.00. The Morgan fingerprint density at radius 3 is 2.64 bits per heavy atom. The van der Waals surface area contributed by atoms with Crippen LogP contribution in [-0.4, -0.2) is 40.6 Å². The summed E-state index contributed by atoms with van der Waals surface area (Å²) in [4.78, 5) is 10.6. The Morgan fingerprint density at radius 1 is 1.36 bits per heavy atom. The molecule has 14 heavy (non-hydrogen) atoms. The van der Waals surface area contributed by atoms with Crippen LogP contribution in [0.1, 0.15) is 17.2 Å². The van der Waals surface area contributed by atoms with Crippen LogP contribution in [-0.2, 0) is 13.0 Å². The third-order valence-electron chi connectivity index (χ3n) is 1.90. The smallest absolute Gasteiger partial charge is 0.130 e. The van der Waals surface area contributed by atoms with Crippen molar-refractivity contribution >= 4 is 0 Å². The van der Waals surface area contributed by atoms with Gasteiger partial charge in [-0.2, -0.15) is 0 Å². The zero-order chi connectivity index (χ0) is 10.6. The van der Waals surface area contributed by atoms with Gasteiger partial charge in [0.1, 0.15) is 5.82 Å². The summed E-state index contributed by atoms with van der Waals surface area (Å²) in [5.74, 6) is 0.808. The first-order valence-electron chi connectivity index (χ1n) is 4.71. The zero-order valence-electron chi connectivity index (χ0n) is 8.99. The zero-order valence-corrected chi connectivity index (χ0v) is 8.99. The van der Waals surface area contributed by atoms with E-state index in [4.69, 9.17) is 5.11 Å². The normalized spacial score (nSPS) is 10.9. The van der Waals surface area contributed by atoms with Crippen LogP contribution in [0.15, 0.2) is 6.07 Å². The molecule has 1 aromatic heterocycles. The first-order chi connectivity index (χ1) is 6.61. The molecule has 1 rings (SSSR count). The lowest BCUT2D eigenvalue weighted by Gasteiger charge is -2.09. The number of likely N-dealkylation sites (N-methyl/N-ethyl adjacent to an activating group) is 1. The lowest BCUT2D eigenvalue weighted by Crippen LogP contribution is -2.17. The second kappa shape index (κ2) is 5.02. The van der Waals surface area contributed by atoms with E-state index in [0.717, 1.165) is 24.5 Å². The number of aliphatic hydroxyl groups is 1. The molecule has 0 aliphatic heterocycles. The van der Waals surface area contributed by atoms with Crippen molar-refractivity contribution in [1.82, 2.24) is 14.9 Å². The van der Waals surface area contributed by atoms with Gasteiger partial charge in [0.05, 0.1) is 12.3 Å². The molecule has 4 nitrogen and oxygen atoms in total. The molecule has 0 unspecified atom stereocenters. The Bertz CT molecular complexity index is 299. The molecule has 0 atom stereocenters. The highest BCUT2D eigenvalue weighted by atomic mass is 16.3. The molecule has 1 heterocycles. The summed E-state index contributed by atoms with van der Waals surface area (Å²) in [6.45, 7) is 2.83. The molecule has 0 aromatic carbocycles. The molecule has 0 amide bonds. The molecule has 0 fully saturated rings. The number of hydrogen-bond acceptors (Lipinski definition) is 4. The third-order valence-corrected chi connectivity index (χ3v) is 1.90. The van der Waals surface area contributed by atoms with Gasteiger partial charge in [-0.15, -0.1) is 0 Å². The molecule has 78 valence electrons. The van der Waals surface area contributed by atoms with Gasteiger partial charge < -0.3 is 10.0 Å². The van der Waals surface area contributed by atoms with Gasteiger partial charge in [0.25, 0.3) is 0 Å². The van der Waals surface area contributed by atoms with Crippen LogP contribution in [0.25, 0.3) is 0 Å². The maximum absolute atomic E-state index is 8.96. The van der Waals surface area contributed by atoms with Crippen molar-refractivity contribution in [2.75, 3.05) is 20.6 Å². The molecule has 1 aromatic rings. The van der Waals surface area contributed by atoms with Crippen LogP contribution in [0.5, 0.6) is 0 Å². The summed E-state index contributed by atoms with van der Waals surface area (Å²) in [5, 5.41) is 8.96. The van der Waals surface area contributed by atoms with Gasteiger partial charge in [0.15, 0.2) is 0 Å². The van der Waals surface area contributed by atoms with Gasteiger partial charge in [-0.05, 0) is 27.1 Å². The number of nitrogens with zero attached hydrogens (tertiary/aromatic N) is 3. The van der Waals surface area contributed by atoms with Crippen molar-refractivity contribution in [3.63, 3.8) is 0 Å². The quantitative estimate of drug-likeness (QED) is 0.754. The summed E-state index contributed by atoms with van der Waals surface area (Å²) >= 11 is 0. The van der Waals surface area contributed by atoms with Gasteiger partial charge in [0, 0.05) is 18.7 Å². The average molecular weight is 195 g/mol. The van der Waals surface area contributed by atoms with Crippen LogP contribution in [0, 0.1) is 6.92 Å². The fourth-order valence-electron chi connectivity index (χ4n) is 1.22. The van der Waals surface area contributed by atoms with E-state index in [1.807, 2.05) is 21.0 Å². The maximum atomic E-state index is 8.96. The number of aliphatic hydroxyl groups excluding tert-OH is 1. The van der Waals surface area contributed by atoms with Crippen LogP contribution < -0.4 is 0 Å². The summed E-state index contributed by atoms with van der Waals surface area (Å²) < 4.78 is 0. The van der Waals surface area contributed by atoms with Gasteiger partial charge in [-0.3, -0.25) is 0 Å². The van der Waals surface area contributed by atoms with Crippen molar-refractivity contribution in [2.24, 2.45) is 0 Å². The fourth-order valence-corrected chi connectivity index (χ4v) is 1.22. The van der Waals surface area contributed by atoms with Crippen molar-refractivity contribution in [1.29, 1.82) is 0 Å². The highest BCUT2D eigenvalue weighted by Gasteiger charge is 2.01. The predicted molar refractivity (Wildman–Crippen MR) is 54.9 cm³/mol. The van der Waals surface area contributed by atoms with Crippen molar-refractivity contribution < 1.29 is 5.11 Å². The molecule has 0 spiro atoms. The van der Waals surface area contributed by atoms with Gasteiger partial charge in [-0.25, -0.2) is 9.97 Å². The molecule has 0 radical (unpaired) electrons. The monoisotopic (exact) mass is 195 g/mol. The van der Waals surface area contributed by atoms with Crippen LogP contribution >= 0.6 is 0 Å². The molecular weight excluding hydrogens is 178 g/mol. The number of hydrogen-bond donors (Lipinski definition) is 1. The Labute approximate surface area is 84.6 Å². The van der Waals surface area contributed by atoms with E-state index in [-0.39, 0.29) is 6.61 Å². The topological polar surface area (TPSA) is 49.3 Å². The van der Waals surface area contributed by atoms with Crippen LogP contribution in [0.4, 0.5) is 0 Å². The Kier molecular flexibility index (Phi) is 3.98. The summed E-state index contributed by atoms with van der Waals surface area (Å²) in [6.07, 6.45) is 0.821. The molecule has 0 aliphatic rings. The highest BCUT2D eigenvalue weighted by molar-refractivity contribution is 5.09. The summed E-state index contributed by atoms with van der Waals surface area (Å²) in [5.41, 5.74) is 1.61. The first-order valence-corrected chi connectivity index (χ1v) is 4.71. The molecule has 1 N–H and O–H groups in total. The predicted octanol–water partition coefficient (Wildman–Crippen LogP) is 0.381. The lowest BCUT2D eigenvalue weighted by atomic mass is 10.3. The summed E-state index contributed by atoms with van der Waals surface area (Å²) in [7, 11) is 4.03. The number of aromatic nitrogens is 2. The second-order valence-corrected chi connectivity index (χ2v) is 3.63. The minimum atomic E-state index is -0.0156. The van der Waals surface area contributed by atoms with Crippen molar-refractivity contribution in [2.45, 2.75) is 20.0 Å². The standard InChI is InChI=1S/C10H17N3O/c1-8-6-9(7-14)12-10(11-8)4-5-13(2)3/h6,14H,4-5,7H2,1-3H3. The average Bonchev–Trinajstić information content (AvgIpc) is 2.14. The first kappa shape index (κ1) is 11.1. The van der Waals surface area contributed by atoms with E-state index in [1.165, 1.54) is 0 Å². The van der Waals surface area contributed by atoms with Crippen LogP contribution in [0.2, 0.25) is 0 Å². The molecular formula is C10H17N3O. The minimum absolute atomic E-state index is 0.0156. The highest BCUT2D eigenvalue weighted by Crippen LogP contribution is 2.01. The van der Waals surface area contributed by atoms with Gasteiger partial charge in [-0.1, -0.05) is 0 Å². The minimum Gasteiger partial charge on any atom is -0.390 e. The van der Waals surface area contributed by atoms with E-state index in [1.54, 1.807) is 6.07 Å².